The molecule has 0 radical (unpaired) electrons. The predicted molar refractivity (Wildman–Crippen MR) is 173 cm³/mol. The number of amides is 2. The van der Waals surface area contributed by atoms with E-state index in [1.54, 1.807) is 25.7 Å². The Balaban J connectivity index is 0.000000277. The fourth-order valence-electron chi connectivity index (χ4n) is 5.29. The molecule has 0 unspecified atom stereocenters. The Labute approximate surface area is 270 Å². The number of benzene rings is 2. The number of rotatable bonds is 5. The van der Waals surface area contributed by atoms with Gasteiger partial charge in [-0.2, -0.15) is 0 Å². The maximum absolute atomic E-state index is 12.4. The third-order valence-corrected chi connectivity index (χ3v) is 7.53. The van der Waals surface area contributed by atoms with Crippen molar-refractivity contribution in [3.63, 3.8) is 0 Å². The van der Waals surface area contributed by atoms with Crippen molar-refractivity contribution in [3.8, 4) is 0 Å². The van der Waals surface area contributed by atoms with Crippen molar-refractivity contribution in [2.24, 2.45) is 23.7 Å². The zero-order valence-corrected chi connectivity index (χ0v) is 28.0. The number of aldehydes is 1. The molecule has 0 bridgehead atoms. The van der Waals surface area contributed by atoms with Crippen LogP contribution in [-0.2, 0) is 33.3 Å². The Morgan fingerprint density at radius 2 is 1.17 bits per heavy atom. The van der Waals surface area contributed by atoms with Gasteiger partial charge in [0.15, 0.2) is 0 Å². The maximum atomic E-state index is 12.4. The molecule has 0 aliphatic carbocycles. The smallest absolute Gasteiger partial charge is 0.410 e. The van der Waals surface area contributed by atoms with Crippen LogP contribution in [0.3, 0.4) is 0 Å². The highest BCUT2D eigenvalue weighted by atomic mass is 16.6. The number of esters is 2. The largest absolute Gasteiger partial charge is 0.469 e. The molecule has 2 saturated heterocycles. The van der Waals surface area contributed by atoms with E-state index in [1.807, 2.05) is 51.1 Å². The highest BCUT2D eigenvalue weighted by Crippen LogP contribution is 2.29. The summed E-state index contributed by atoms with van der Waals surface area (Å²) in [6, 6.07) is 14.4. The van der Waals surface area contributed by atoms with E-state index in [0.29, 0.717) is 19.4 Å². The van der Waals surface area contributed by atoms with Crippen molar-refractivity contribution < 1.29 is 42.9 Å². The van der Waals surface area contributed by atoms with E-state index < -0.39 is 47.1 Å². The molecule has 2 amide bonds. The number of ether oxygens (including phenoxy) is 4. The van der Waals surface area contributed by atoms with Crippen molar-refractivity contribution in [1.29, 1.82) is 0 Å². The van der Waals surface area contributed by atoms with Crippen LogP contribution >= 0.6 is 0 Å². The molecule has 0 spiro atoms. The van der Waals surface area contributed by atoms with Crippen molar-refractivity contribution in [1.82, 2.24) is 9.80 Å². The second-order valence-electron chi connectivity index (χ2n) is 13.5. The Kier molecular flexibility index (Phi) is 12.0. The highest BCUT2D eigenvalue weighted by Gasteiger charge is 2.42. The van der Waals surface area contributed by atoms with Gasteiger partial charge >= 0.3 is 24.1 Å². The molecule has 46 heavy (non-hydrogen) atoms. The standard InChI is InChI=1S/C23H27NO4.C12H19NO5/c1-23(2,3)28-22(26)24-14-19(20(15-24)21(25)27-4)12-10-16-9-11-17-7-5-6-8-18(17)13-16;1-12(2,3)18-11(16)13-5-8(7-14)9(6-13)10(15)17-4/h5-13,19-20H,14-15H2,1-4H3;7-9H,5-6H2,1-4H3/t19-,20-;8-,9+/m01/s1. The number of likely N-dealkylation sites (tertiary alicyclic amines) is 2. The molecular weight excluding hydrogens is 592 g/mol. The molecule has 2 aromatic rings. The van der Waals surface area contributed by atoms with Gasteiger partial charge in [-0.15, -0.1) is 0 Å². The number of carbonyl (C=O) groups is 5. The summed E-state index contributed by atoms with van der Waals surface area (Å²) in [4.78, 5) is 61.8. The van der Waals surface area contributed by atoms with Gasteiger partial charge in [-0.05, 0) is 63.9 Å². The average molecular weight is 639 g/mol. The molecule has 250 valence electrons. The Morgan fingerprint density at radius 1 is 0.696 bits per heavy atom. The van der Waals surface area contributed by atoms with Gasteiger partial charge < -0.3 is 33.5 Å². The van der Waals surface area contributed by atoms with Crippen LogP contribution in [0.15, 0.2) is 48.5 Å². The molecule has 2 fully saturated rings. The molecule has 2 aliphatic rings. The van der Waals surface area contributed by atoms with Gasteiger partial charge in [0.05, 0.1) is 26.1 Å². The van der Waals surface area contributed by atoms with Gasteiger partial charge in [-0.25, -0.2) is 9.59 Å². The third kappa shape index (κ3) is 10.1. The first-order chi connectivity index (χ1) is 21.5. The van der Waals surface area contributed by atoms with E-state index in [0.717, 1.165) is 10.9 Å². The lowest BCUT2D eigenvalue weighted by Gasteiger charge is -2.24. The molecule has 0 aromatic heterocycles. The minimum absolute atomic E-state index is 0.119. The summed E-state index contributed by atoms with van der Waals surface area (Å²) >= 11 is 0. The van der Waals surface area contributed by atoms with Crippen LogP contribution < -0.4 is 0 Å². The molecule has 0 saturated carbocycles. The first-order valence-corrected chi connectivity index (χ1v) is 15.3. The Hall–Kier alpha value is -4.41. The van der Waals surface area contributed by atoms with Gasteiger partial charge in [0, 0.05) is 38.0 Å². The number of fused-ring (bicyclic) bond motifs is 1. The minimum atomic E-state index is -0.600. The lowest BCUT2D eigenvalue weighted by Crippen LogP contribution is -2.36. The normalized spacial score (nSPS) is 21.4. The van der Waals surface area contributed by atoms with Crippen LogP contribution in [0.1, 0.15) is 47.1 Å². The van der Waals surface area contributed by atoms with E-state index in [1.165, 1.54) is 24.5 Å². The molecule has 11 heteroatoms. The van der Waals surface area contributed by atoms with E-state index in [2.05, 4.69) is 29.0 Å². The van der Waals surface area contributed by atoms with Crippen molar-refractivity contribution in [2.45, 2.75) is 52.7 Å². The third-order valence-electron chi connectivity index (χ3n) is 7.53. The zero-order chi connectivity index (χ0) is 34.2. The first kappa shape index (κ1) is 36.1. The summed E-state index contributed by atoms with van der Waals surface area (Å²) in [5.74, 6) is -2.41. The summed E-state index contributed by atoms with van der Waals surface area (Å²) < 4.78 is 20.2. The summed E-state index contributed by atoms with van der Waals surface area (Å²) in [6.45, 7) is 11.8. The Morgan fingerprint density at radius 3 is 1.65 bits per heavy atom. The molecule has 2 heterocycles. The van der Waals surface area contributed by atoms with Crippen LogP contribution in [0.2, 0.25) is 0 Å². The fourth-order valence-corrected chi connectivity index (χ4v) is 5.29. The van der Waals surface area contributed by atoms with E-state index in [-0.39, 0.29) is 25.0 Å². The van der Waals surface area contributed by atoms with Gasteiger partial charge in [-0.1, -0.05) is 48.6 Å². The molecule has 2 aromatic carbocycles. The van der Waals surface area contributed by atoms with Crippen molar-refractivity contribution >= 4 is 47.3 Å². The van der Waals surface area contributed by atoms with Gasteiger partial charge in [0.1, 0.15) is 17.5 Å². The van der Waals surface area contributed by atoms with Gasteiger partial charge in [0.25, 0.3) is 0 Å². The molecule has 2 aliphatic heterocycles. The number of hydrogen-bond donors (Lipinski definition) is 0. The van der Waals surface area contributed by atoms with Crippen LogP contribution in [0.5, 0.6) is 0 Å². The van der Waals surface area contributed by atoms with Crippen LogP contribution in [0.25, 0.3) is 16.8 Å². The number of methoxy groups -OCH3 is 2. The molecule has 0 N–H and O–H groups in total. The molecule has 4 rings (SSSR count). The van der Waals surface area contributed by atoms with Crippen LogP contribution in [0.4, 0.5) is 9.59 Å². The summed E-state index contributed by atoms with van der Waals surface area (Å²) in [6.07, 6.45) is 3.77. The summed E-state index contributed by atoms with van der Waals surface area (Å²) in [5, 5.41) is 2.35. The SMILES string of the molecule is COC(=O)[C@H]1CN(C(=O)OC(C)(C)C)C[C@@H]1C=Cc1ccc2ccccc2c1.COC(=O)[C@H]1CN(C(=O)OC(C)(C)C)C[C@@H]1C=O. The maximum Gasteiger partial charge on any atom is 0.410 e. The second-order valence-corrected chi connectivity index (χ2v) is 13.5. The van der Waals surface area contributed by atoms with Gasteiger partial charge in [0.2, 0.25) is 0 Å². The quantitative estimate of drug-likeness (QED) is 0.242. The summed E-state index contributed by atoms with van der Waals surface area (Å²) in [7, 11) is 2.64. The topological polar surface area (TPSA) is 129 Å². The number of nitrogens with zero attached hydrogens (tertiary/aromatic N) is 2. The minimum Gasteiger partial charge on any atom is -0.469 e. The summed E-state index contributed by atoms with van der Waals surface area (Å²) in [5.41, 5.74) is -0.119. The molecule has 4 atom stereocenters. The van der Waals surface area contributed by atoms with Gasteiger partial charge in [-0.3, -0.25) is 9.59 Å². The zero-order valence-electron chi connectivity index (χ0n) is 28.0. The van der Waals surface area contributed by atoms with Crippen molar-refractivity contribution in [3.05, 3.63) is 54.1 Å². The lowest BCUT2D eigenvalue weighted by atomic mass is 9.95. The van der Waals surface area contributed by atoms with E-state index in [9.17, 15) is 24.0 Å². The highest BCUT2D eigenvalue weighted by molar-refractivity contribution is 5.85. The predicted octanol–water partition coefficient (Wildman–Crippen LogP) is 5.35. The monoisotopic (exact) mass is 638 g/mol. The van der Waals surface area contributed by atoms with Crippen molar-refractivity contribution in [2.75, 3.05) is 40.4 Å². The average Bonchev–Trinajstić information content (AvgIpc) is 3.63. The van der Waals surface area contributed by atoms with Crippen LogP contribution in [-0.4, -0.2) is 91.8 Å². The van der Waals surface area contributed by atoms with E-state index >= 15 is 0 Å². The lowest BCUT2D eigenvalue weighted by molar-refractivity contribution is -0.147. The Bertz CT molecular complexity index is 1440. The molecule has 11 nitrogen and oxygen atoms in total. The number of hydrogen-bond acceptors (Lipinski definition) is 9. The second kappa shape index (κ2) is 15.2. The molecular formula is C35H46N2O9. The van der Waals surface area contributed by atoms with E-state index in [4.69, 9.17) is 14.2 Å². The van der Waals surface area contributed by atoms with Crippen LogP contribution in [0, 0.1) is 23.7 Å². The number of carbonyl (C=O) groups excluding carboxylic acids is 5. The first-order valence-electron chi connectivity index (χ1n) is 15.3. The fraction of sp³-hybridized carbons (Fsp3) is 0.514.